The van der Waals surface area contributed by atoms with E-state index >= 15 is 0 Å². The molecule has 0 spiro atoms. The predicted octanol–water partition coefficient (Wildman–Crippen LogP) is 1.70. The van der Waals surface area contributed by atoms with Crippen molar-refractivity contribution in [1.82, 2.24) is 0 Å². The van der Waals surface area contributed by atoms with E-state index in [0.29, 0.717) is 19.4 Å². The molecule has 0 radical (unpaired) electrons. The van der Waals surface area contributed by atoms with E-state index in [-0.39, 0.29) is 24.5 Å². The maximum atomic E-state index is 11.6. The lowest BCUT2D eigenvalue weighted by molar-refractivity contribution is -0.150. The summed E-state index contributed by atoms with van der Waals surface area (Å²) < 4.78 is 9.38. The van der Waals surface area contributed by atoms with Crippen LogP contribution in [-0.4, -0.2) is 28.6 Å². The Morgan fingerprint density at radius 2 is 2.40 bits per heavy atom. The summed E-state index contributed by atoms with van der Waals surface area (Å²) in [5.74, 6) is -0.780. The van der Waals surface area contributed by atoms with E-state index in [1.165, 1.54) is 0 Å². The summed E-state index contributed by atoms with van der Waals surface area (Å²) in [7, 11) is 0. The fourth-order valence-electron chi connectivity index (χ4n) is 1.16. The molecule has 0 amide bonds. The molecule has 1 aliphatic heterocycles. The fraction of sp³-hybridized carbons (Fsp3) is 0.800. The minimum atomic E-state index is -0.500. The summed E-state index contributed by atoms with van der Waals surface area (Å²) in [5, 5.41) is 0. The van der Waals surface area contributed by atoms with Gasteiger partial charge in [-0.15, -0.1) is 0 Å². The van der Waals surface area contributed by atoms with E-state index in [0.717, 1.165) is 0 Å². The monoisotopic (exact) mass is 326 g/mol. The molecule has 1 rings (SSSR count). The number of cyclic esters (lactones) is 1. The Balaban J connectivity index is 2.37. The van der Waals surface area contributed by atoms with Crippen LogP contribution in [0.1, 0.15) is 26.7 Å². The Morgan fingerprint density at radius 1 is 1.73 bits per heavy atom. The van der Waals surface area contributed by atoms with Crippen LogP contribution < -0.4 is 0 Å². The molecule has 15 heavy (non-hydrogen) atoms. The van der Waals surface area contributed by atoms with E-state index in [4.69, 9.17) is 9.47 Å². The van der Waals surface area contributed by atoms with Gasteiger partial charge < -0.3 is 9.47 Å². The highest BCUT2D eigenvalue weighted by atomic mass is 127. The Bertz CT molecular complexity index is 262. The molecular formula is C10H15IO4. The van der Waals surface area contributed by atoms with Crippen molar-refractivity contribution in [3.05, 3.63) is 0 Å². The summed E-state index contributed by atoms with van der Waals surface area (Å²) in [6, 6.07) is 0. The summed E-state index contributed by atoms with van der Waals surface area (Å²) in [5.41, 5.74) is 0. The van der Waals surface area contributed by atoms with E-state index in [9.17, 15) is 9.59 Å². The zero-order valence-electron chi connectivity index (χ0n) is 8.92. The van der Waals surface area contributed by atoms with Gasteiger partial charge in [-0.2, -0.15) is 0 Å². The largest absolute Gasteiger partial charge is 0.465 e. The van der Waals surface area contributed by atoms with Gasteiger partial charge in [0.05, 0.1) is 12.5 Å². The third kappa shape index (κ3) is 3.32. The van der Waals surface area contributed by atoms with Gasteiger partial charge in [-0.3, -0.25) is 9.59 Å². The van der Waals surface area contributed by atoms with Gasteiger partial charge in [0.25, 0.3) is 0 Å². The third-order valence-electron chi connectivity index (χ3n) is 2.55. The molecule has 2 atom stereocenters. The van der Waals surface area contributed by atoms with Crippen LogP contribution in [0.3, 0.4) is 0 Å². The first-order chi connectivity index (χ1) is 6.97. The van der Waals surface area contributed by atoms with Crippen LogP contribution in [0.5, 0.6) is 0 Å². The number of hydrogen-bond donors (Lipinski definition) is 0. The number of ether oxygens (including phenoxy) is 2. The van der Waals surface area contributed by atoms with E-state index < -0.39 is 3.42 Å². The van der Waals surface area contributed by atoms with E-state index in [1.807, 2.05) is 13.8 Å². The minimum absolute atomic E-state index is 0.149. The molecule has 4 nitrogen and oxygen atoms in total. The number of rotatable bonds is 4. The second kappa shape index (κ2) is 5.14. The van der Waals surface area contributed by atoms with Gasteiger partial charge in [0.15, 0.2) is 0 Å². The van der Waals surface area contributed by atoms with Gasteiger partial charge in [-0.25, -0.2) is 0 Å². The molecule has 0 saturated carbocycles. The summed E-state index contributed by atoms with van der Waals surface area (Å²) in [6.07, 6.45) is 1.36. The van der Waals surface area contributed by atoms with Gasteiger partial charge in [0.1, 0.15) is 10.0 Å². The SMILES string of the molecule is CCC(C)(I)C(=O)OCC1CCOC1=O. The van der Waals surface area contributed by atoms with Crippen molar-refractivity contribution in [3.63, 3.8) is 0 Å². The molecular weight excluding hydrogens is 311 g/mol. The molecule has 1 heterocycles. The van der Waals surface area contributed by atoms with Crippen LogP contribution >= 0.6 is 22.6 Å². The average Bonchev–Trinajstić information content (AvgIpc) is 2.60. The quantitative estimate of drug-likeness (QED) is 0.448. The molecule has 2 unspecified atom stereocenters. The molecule has 0 aromatic rings. The minimum Gasteiger partial charge on any atom is -0.465 e. The number of hydrogen-bond acceptors (Lipinski definition) is 4. The van der Waals surface area contributed by atoms with Crippen molar-refractivity contribution < 1.29 is 19.1 Å². The lowest BCUT2D eigenvalue weighted by atomic mass is 10.1. The number of carbonyl (C=O) groups excluding carboxylic acids is 2. The standard InChI is InChI=1S/C10H15IO4/c1-3-10(2,11)9(13)15-6-7-4-5-14-8(7)12/h7H,3-6H2,1-2H3. The van der Waals surface area contributed by atoms with Crippen LogP contribution in [0.2, 0.25) is 0 Å². The van der Waals surface area contributed by atoms with Crippen LogP contribution in [0, 0.1) is 5.92 Å². The van der Waals surface area contributed by atoms with Crippen molar-refractivity contribution in [3.8, 4) is 0 Å². The predicted molar refractivity (Wildman–Crippen MR) is 62.7 cm³/mol. The second-order valence-electron chi connectivity index (χ2n) is 3.80. The molecule has 0 N–H and O–H groups in total. The van der Waals surface area contributed by atoms with E-state index in [1.54, 1.807) is 0 Å². The van der Waals surface area contributed by atoms with Crippen molar-refractivity contribution in [2.24, 2.45) is 5.92 Å². The Kier molecular flexibility index (Phi) is 4.36. The lowest BCUT2D eigenvalue weighted by Crippen LogP contribution is -2.31. The third-order valence-corrected chi connectivity index (χ3v) is 3.75. The fourth-order valence-corrected chi connectivity index (χ4v) is 1.32. The normalized spacial score (nSPS) is 24.5. The van der Waals surface area contributed by atoms with E-state index in [2.05, 4.69) is 22.6 Å². The molecule has 0 aromatic heterocycles. The van der Waals surface area contributed by atoms with Crippen molar-refractivity contribution >= 4 is 34.5 Å². The smallest absolute Gasteiger partial charge is 0.321 e. The number of halogens is 1. The number of alkyl halides is 1. The number of esters is 2. The van der Waals surface area contributed by atoms with Gasteiger partial charge in [-0.05, 0) is 19.8 Å². The van der Waals surface area contributed by atoms with Gasteiger partial charge in [0, 0.05) is 0 Å². The molecule has 86 valence electrons. The molecule has 0 bridgehead atoms. The average molecular weight is 326 g/mol. The first kappa shape index (κ1) is 12.7. The zero-order chi connectivity index (χ0) is 11.5. The highest BCUT2D eigenvalue weighted by molar-refractivity contribution is 14.1. The Hall–Kier alpha value is -0.330. The van der Waals surface area contributed by atoms with Crippen LogP contribution in [-0.2, 0) is 19.1 Å². The molecule has 0 aliphatic carbocycles. The topological polar surface area (TPSA) is 52.6 Å². The van der Waals surface area contributed by atoms with Crippen LogP contribution in [0.15, 0.2) is 0 Å². The van der Waals surface area contributed by atoms with Crippen LogP contribution in [0.25, 0.3) is 0 Å². The highest BCUT2D eigenvalue weighted by Crippen LogP contribution is 2.24. The lowest BCUT2D eigenvalue weighted by Gasteiger charge is -2.19. The maximum Gasteiger partial charge on any atom is 0.321 e. The first-order valence-corrected chi connectivity index (χ1v) is 6.08. The first-order valence-electron chi connectivity index (χ1n) is 5.00. The highest BCUT2D eigenvalue weighted by Gasteiger charge is 2.33. The summed E-state index contributed by atoms with van der Waals surface area (Å²) >= 11 is 2.07. The zero-order valence-corrected chi connectivity index (χ0v) is 11.1. The molecule has 1 fully saturated rings. The number of carbonyl (C=O) groups is 2. The van der Waals surface area contributed by atoms with Crippen molar-refractivity contribution in [2.75, 3.05) is 13.2 Å². The van der Waals surface area contributed by atoms with Crippen LogP contribution in [0.4, 0.5) is 0 Å². The molecule has 5 heteroatoms. The summed E-state index contributed by atoms with van der Waals surface area (Å²) in [6.45, 7) is 4.34. The van der Waals surface area contributed by atoms with Crippen molar-refractivity contribution in [1.29, 1.82) is 0 Å². The second-order valence-corrected chi connectivity index (χ2v) is 6.18. The van der Waals surface area contributed by atoms with Gasteiger partial charge in [0.2, 0.25) is 0 Å². The molecule has 0 aromatic carbocycles. The Labute approximate surface area is 103 Å². The summed E-state index contributed by atoms with van der Waals surface area (Å²) in [4.78, 5) is 22.7. The van der Waals surface area contributed by atoms with Gasteiger partial charge >= 0.3 is 11.9 Å². The Morgan fingerprint density at radius 3 is 2.87 bits per heavy atom. The molecule has 1 aliphatic rings. The molecule has 1 saturated heterocycles. The maximum absolute atomic E-state index is 11.6. The van der Waals surface area contributed by atoms with Gasteiger partial charge in [-0.1, -0.05) is 29.5 Å². The van der Waals surface area contributed by atoms with Crippen molar-refractivity contribution in [2.45, 2.75) is 30.1 Å².